The number of methoxy groups -OCH3 is 1. The molecule has 0 spiro atoms. The van der Waals surface area contributed by atoms with Gasteiger partial charge in [0.1, 0.15) is 5.75 Å². The third kappa shape index (κ3) is 6.90. The van der Waals surface area contributed by atoms with E-state index in [2.05, 4.69) is 36.3 Å². The number of hydrazone groups is 1. The summed E-state index contributed by atoms with van der Waals surface area (Å²) >= 11 is 0. The fourth-order valence-corrected chi connectivity index (χ4v) is 2.90. The molecule has 8 nitrogen and oxygen atoms in total. The van der Waals surface area contributed by atoms with Crippen LogP contribution in [0.3, 0.4) is 0 Å². The standard InChI is InChI=1S/C26H27N3O5/c1-26(2,3)20-8-10-21(11-9-20)33-17-24(30)29-28-15-18-7-12-22(23(14-18)32-4)34-25(31)19-6-5-13-27-16-19/h5-16H,17H2,1-4H3,(H,29,30). The minimum atomic E-state index is -0.548. The second kappa shape index (κ2) is 11.1. The van der Waals surface area contributed by atoms with E-state index < -0.39 is 11.9 Å². The number of benzene rings is 2. The molecule has 0 saturated carbocycles. The van der Waals surface area contributed by atoms with Crippen molar-refractivity contribution in [3.63, 3.8) is 0 Å². The van der Waals surface area contributed by atoms with Gasteiger partial charge in [-0.3, -0.25) is 9.78 Å². The number of ether oxygens (including phenoxy) is 3. The number of amides is 1. The number of aromatic nitrogens is 1. The zero-order chi connectivity index (χ0) is 24.6. The molecule has 8 heteroatoms. The molecule has 3 aromatic rings. The van der Waals surface area contributed by atoms with Crippen LogP contribution in [0.2, 0.25) is 0 Å². The normalized spacial score (nSPS) is 11.2. The molecule has 1 N–H and O–H groups in total. The summed E-state index contributed by atoms with van der Waals surface area (Å²) in [5, 5.41) is 3.94. The van der Waals surface area contributed by atoms with E-state index in [4.69, 9.17) is 14.2 Å². The number of hydrogen-bond acceptors (Lipinski definition) is 7. The van der Waals surface area contributed by atoms with Crippen LogP contribution < -0.4 is 19.6 Å². The quantitative estimate of drug-likeness (QED) is 0.234. The van der Waals surface area contributed by atoms with Gasteiger partial charge in [0.15, 0.2) is 18.1 Å². The van der Waals surface area contributed by atoms with Crippen molar-refractivity contribution in [2.24, 2.45) is 5.10 Å². The van der Waals surface area contributed by atoms with Crippen molar-refractivity contribution in [1.29, 1.82) is 0 Å². The summed E-state index contributed by atoms with van der Waals surface area (Å²) in [7, 11) is 1.46. The summed E-state index contributed by atoms with van der Waals surface area (Å²) < 4.78 is 16.2. The summed E-state index contributed by atoms with van der Waals surface area (Å²) in [4.78, 5) is 28.2. The average molecular weight is 462 g/mol. The molecule has 3 rings (SSSR count). The minimum Gasteiger partial charge on any atom is -0.493 e. The molecule has 0 aliphatic carbocycles. The first-order valence-corrected chi connectivity index (χ1v) is 10.6. The molecule has 1 aromatic heterocycles. The third-order valence-electron chi connectivity index (χ3n) is 4.78. The first-order chi connectivity index (χ1) is 16.3. The minimum absolute atomic E-state index is 0.0481. The molecule has 0 aliphatic rings. The smallest absolute Gasteiger partial charge is 0.345 e. The molecule has 0 atom stereocenters. The third-order valence-corrected chi connectivity index (χ3v) is 4.78. The predicted octanol–water partition coefficient (Wildman–Crippen LogP) is 4.14. The molecule has 0 unspecified atom stereocenters. The molecule has 0 fully saturated rings. The van der Waals surface area contributed by atoms with E-state index in [0.29, 0.717) is 22.6 Å². The van der Waals surface area contributed by atoms with Crippen molar-refractivity contribution in [3.8, 4) is 17.2 Å². The number of carbonyl (C=O) groups excluding carboxylic acids is 2. The van der Waals surface area contributed by atoms with Crippen molar-refractivity contribution in [1.82, 2.24) is 10.4 Å². The number of esters is 1. The van der Waals surface area contributed by atoms with Crippen molar-refractivity contribution in [2.45, 2.75) is 26.2 Å². The number of rotatable bonds is 8. The Labute approximate surface area is 198 Å². The Hall–Kier alpha value is -4.20. The fraction of sp³-hybridized carbons (Fsp3) is 0.231. The van der Waals surface area contributed by atoms with Crippen LogP contribution in [0.1, 0.15) is 42.3 Å². The average Bonchev–Trinajstić information content (AvgIpc) is 2.83. The van der Waals surface area contributed by atoms with E-state index in [0.717, 1.165) is 0 Å². The SMILES string of the molecule is COc1cc(C=NNC(=O)COc2ccc(C(C)(C)C)cc2)ccc1OC(=O)c1cccnc1. The monoisotopic (exact) mass is 461 g/mol. The first kappa shape index (κ1) is 24.4. The maximum Gasteiger partial charge on any atom is 0.345 e. The van der Waals surface area contributed by atoms with Crippen LogP contribution in [0.4, 0.5) is 0 Å². The molecule has 34 heavy (non-hydrogen) atoms. The number of nitrogens with zero attached hydrogens (tertiary/aromatic N) is 2. The van der Waals surface area contributed by atoms with Crippen LogP contribution in [0.15, 0.2) is 72.1 Å². The van der Waals surface area contributed by atoms with Gasteiger partial charge in [-0.15, -0.1) is 0 Å². The molecule has 0 aliphatic heterocycles. The maximum absolute atomic E-state index is 12.2. The van der Waals surface area contributed by atoms with Crippen molar-refractivity contribution in [2.75, 3.05) is 13.7 Å². The van der Waals surface area contributed by atoms with E-state index in [1.807, 2.05) is 24.3 Å². The number of carbonyl (C=O) groups is 2. The van der Waals surface area contributed by atoms with Gasteiger partial charge in [-0.25, -0.2) is 10.2 Å². The van der Waals surface area contributed by atoms with Gasteiger partial charge in [-0.2, -0.15) is 5.10 Å². The largest absolute Gasteiger partial charge is 0.493 e. The van der Waals surface area contributed by atoms with Crippen LogP contribution in [0, 0.1) is 0 Å². The van der Waals surface area contributed by atoms with Crippen LogP contribution in [0.25, 0.3) is 0 Å². The van der Waals surface area contributed by atoms with Gasteiger partial charge in [0, 0.05) is 12.4 Å². The lowest BCUT2D eigenvalue weighted by atomic mass is 9.87. The molecular weight excluding hydrogens is 434 g/mol. The molecule has 176 valence electrons. The summed E-state index contributed by atoms with van der Waals surface area (Å²) in [6.07, 6.45) is 4.44. The lowest BCUT2D eigenvalue weighted by molar-refractivity contribution is -0.123. The number of hydrogen-bond donors (Lipinski definition) is 1. The summed E-state index contributed by atoms with van der Waals surface area (Å²) in [6.45, 7) is 6.23. The van der Waals surface area contributed by atoms with Gasteiger partial charge in [0.2, 0.25) is 0 Å². The van der Waals surface area contributed by atoms with Gasteiger partial charge in [0.05, 0.1) is 18.9 Å². The number of pyridine rings is 1. The lowest BCUT2D eigenvalue weighted by Gasteiger charge is -2.19. The van der Waals surface area contributed by atoms with Crippen molar-refractivity contribution < 1.29 is 23.8 Å². The maximum atomic E-state index is 12.2. The van der Waals surface area contributed by atoms with Gasteiger partial charge in [-0.05, 0) is 59.0 Å². The Morgan fingerprint density at radius 3 is 2.47 bits per heavy atom. The van der Waals surface area contributed by atoms with Gasteiger partial charge >= 0.3 is 5.97 Å². The van der Waals surface area contributed by atoms with Gasteiger partial charge in [-0.1, -0.05) is 32.9 Å². The molecule has 1 heterocycles. The molecular formula is C26H27N3O5. The topological polar surface area (TPSA) is 99.1 Å². The summed E-state index contributed by atoms with van der Waals surface area (Å²) in [6, 6.07) is 15.8. The second-order valence-corrected chi connectivity index (χ2v) is 8.40. The van der Waals surface area contributed by atoms with E-state index in [-0.39, 0.29) is 17.8 Å². The Morgan fingerprint density at radius 2 is 1.82 bits per heavy atom. The van der Waals surface area contributed by atoms with E-state index in [1.54, 1.807) is 36.5 Å². The molecule has 0 saturated heterocycles. The lowest BCUT2D eigenvalue weighted by Crippen LogP contribution is -2.24. The predicted molar refractivity (Wildman–Crippen MR) is 129 cm³/mol. The zero-order valence-electron chi connectivity index (χ0n) is 19.6. The van der Waals surface area contributed by atoms with Gasteiger partial charge < -0.3 is 14.2 Å². The van der Waals surface area contributed by atoms with Crippen LogP contribution >= 0.6 is 0 Å². The van der Waals surface area contributed by atoms with Crippen molar-refractivity contribution in [3.05, 3.63) is 83.7 Å². The molecule has 0 radical (unpaired) electrons. The van der Waals surface area contributed by atoms with E-state index >= 15 is 0 Å². The fourth-order valence-electron chi connectivity index (χ4n) is 2.90. The highest BCUT2D eigenvalue weighted by atomic mass is 16.6. The first-order valence-electron chi connectivity index (χ1n) is 10.6. The van der Waals surface area contributed by atoms with Crippen LogP contribution in [-0.4, -0.2) is 36.8 Å². The summed E-state index contributed by atoms with van der Waals surface area (Å²) in [5.74, 6) is 0.254. The van der Waals surface area contributed by atoms with E-state index in [1.165, 1.54) is 25.1 Å². The Morgan fingerprint density at radius 1 is 1.06 bits per heavy atom. The highest BCUT2D eigenvalue weighted by molar-refractivity contribution is 5.91. The summed E-state index contributed by atoms with van der Waals surface area (Å²) in [5.41, 5.74) is 4.61. The number of nitrogens with one attached hydrogen (secondary N) is 1. The second-order valence-electron chi connectivity index (χ2n) is 8.40. The molecule has 2 aromatic carbocycles. The van der Waals surface area contributed by atoms with Crippen LogP contribution in [0.5, 0.6) is 17.2 Å². The molecule has 0 bridgehead atoms. The van der Waals surface area contributed by atoms with E-state index in [9.17, 15) is 9.59 Å². The Balaban J connectivity index is 1.52. The Kier molecular flexibility index (Phi) is 7.97. The van der Waals surface area contributed by atoms with Gasteiger partial charge in [0.25, 0.3) is 5.91 Å². The van der Waals surface area contributed by atoms with Crippen molar-refractivity contribution >= 4 is 18.1 Å². The van der Waals surface area contributed by atoms with Crippen LogP contribution in [-0.2, 0) is 10.2 Å². The highest BCUT2D eigenvalue weighted by Crippen LogP contribution is 2.28. The Bertz CT molecular complexity index is 1150. The molecule has 1 amide bonds. The zero-order valence-corrected chi connectivity index (χ0v) is 19.6. The highest BCUT2D eigenvalue weighted by Gasteiger charge is 2.14.